The monoisotopic (exact) mass is 509 g/mol. The van der Waals surface area contributed by atoms with Crippen molar-refractivity contribution in [2.45, 2.75) is 45.6 Å². The molecule has 0 spiro atoms. The maximum absolute atomic E-state index is 14.7. The van der Waals surface area contributed by atoms with Gasteiger partial charge in [0.2, 0.25) is 5.91 Å². The topological polar surface area (TPSA) is 110 Å². The number of nitrogen functional groups attached to an aromatic ring is 1. The van der Waals surface area contributed by atoms with Gasteiger partial charge < -0.3 is 20.7 Å². The van der Waals surface area contributed by atoms with Gasteiger partial charge in [0.15, 0.2) is 11.6 Å². The fourth-order valence-electron chi connectivity index (χ4n) is 3.98. The Bertz CT molecular complexity index is 1360. The second-order valence-electron chi connectivity index (χ2n) is 9.32. The van der Waals surface area contributed by atoms with Crippen LogP contribution in [-0.4, -0.2) is 46.4 Å². The molecule has 0 aliphatic heterocycles. The van der Waals surface area contributed by atoms with E-state index in [0.717, 1.165) is 24.5 Å². The first kappa shape index (κ1) is 26.0. The molecular weight excluding hydrogens is 480 g/mol. The number of nitrogens with two attached hydrogens (primary N) is 1. The van der Waals surface area contributed by atoms with Crippen LogP contribution in [0.1, 0.15) is 54.1 Å². The molecule has 4 rings (SSSR count). The van der Waals surface area contributed by atoms with Gasteiger partial charge >= 0.3 is 0 Å². The van der Waals surface area contributed by atoms with E-state index in [9.17, 15) is 18.4 Å². The Morgan fingerprint density at radius 1 is 1.22 bits per heavy atom. The van der Waals surface area contributed by atoms with Crippen LogP contribution in [-0.2, 0) is 4.79 Å². The quantitative estimate of drug-likeness (QED) is 0.456. The maximum Gasteiger partial charge on any atom is 0.258 e. The smallest absolute Gasteiger partial charge is 0.258 e. The molecule has 0 radical (unpaired) electrons. The van der Waals surface area contributed by atoms with E-state index in [1.165, 1.54) is 36.4 Å². The molecule has 1 fully saturated rings. The van der Waals surface area contributed by atoms with E-state index in [1.807, 2.05) is 0 Å². The number of ether oxygens (including phenoxy) is 1. The summed E-state index contributed by atoms with van der Waals surface area (Å²) in [5, 5.41) is 2.62. The van der Waals surface area contributed by atoms with Crippen LogP contribution < -0.4 is 15.8 Å². The lowest BCUT2D eigenvalue weighted by Gasteiger charge is -2.24. The Hall–Kier alpha value is -4.08. The van der Waals surface area contributed by atoms with Crippen LogP contribution in [0.4, 0.5) is 20.3 Å². The van der Waals surface area contributed by atoms with Crippen molar-refractivity contribution in [1.82, 2.24) is 14.9 Å². The minimum Gasteiger partial charge on any atom is -0.485 e. The molecule has 3 aromatic rings. The van der Waals surface area contributed by atoms with Gasteiger partial charge in [0.25, 0.3) is 5.91 Å². The van der Waals surface area contributed by atoms with Gasteiger partial charge in [-0.15, -0.1) is 0 Å². The number of hydrogen-bond acceptors (Lipinski definition) is 6. The van der Waals surface area contributed by atoms with Crippen molar-refractivity contribution in [3.63, 3.8) is 0 Å². The van der Waals surface area contributed by atoms with Crippen LogP contribution in [0.25, 0.3) is 11.3 Å². The number of likely N-dealkylation sites (N-methyl/N-ethyl adjacent to an activating group) is 1. The lowest BCUT2D eigenvalue weighted by molar-refractivity contribution is -0.129. The summed E-state index contributed by atoms with van der Waals surface area (Å²) in [7, 11) is 1.65. The standard InChI is InChI=1S/C27H29F2N5O3/c1-14(34(4)16(3)35)12-37-25-24(31-13-32-26(25)30)21-10-19(28)11-23(15(21)2)33-27(36)20-8-7-18(9-22(20)29)17-5-6-17/h7-11,13-14,17H,5-6,12H2,1-4H3,(H,33,36)(H2,30,31,32)/t14-/m0/s1. The van der Waals surface area contributed by atoms with E-state index < -0.39 is 17.5 Å². The Labute approximate surface area is 213 Å². The summed E-state index contributed by atoms with van der Waals surface area (Å²) in [6.07, 6.45) is 3.26. The molecule has 2 amide bonds. The zero-order valence-electron chi connectivity index (χ0n) is 21.1. The lowest BCUT2D eigenvalue weighted by atomic mass is 10.0. The third-order valence-electron chi connectivity index (χ3n) is 6.62. The van der Waals surface area contributed by atoms with Crippen molar-refractivity contribution in [2.24, 2.45) is 0 Å². The van der Waals surface area contributed by atoms with Gasteiger partial charge in [-0.2, -0.15) is 0 Å². The fraction of sp³-hybridized carbons (Fsp3) is 0.333. The van der Waals surface area contributed by atoms with Crippen LogP contribution in [0.2, 0.25) is 0 Å². The van der Waals surface area contributed by atoms with Gasteiger partial charge in [0.05, 0.1) is 11.6 Å². The van der Waals surface area contributed by atoms with E-state index in [4.69, 9.17) is 10.5 Å². The van der Waals surface area contributed by atoms with E-state index in [1.54, 1.807) is 27.0 Å². The van der Waals surface area contributed by atoms with Crippen molar-refractivity contribution < 1.29 is 23.1 Å². The summed E-state index contributed by atoms with van der Waals surface area (Å²) in [6, 6.07) is 6.70. The highest BCUT2D eigenvalue weighted by Crippen LogP contribution is 2.40. The average Bonchev–Trinajstić information content (AvgIpc) is 3.70. The van der Waals surface area contributed by atoms with Gasteiger partial charge in [-0.3, -0.25) is 9.59 Å². The van der Waals surface area contributed by atoms with Gasteiger partial charge in [-0.05, 0) is 68.0 Å². The van der Waals surface area contributed by atoms with Crippen LogP contribution in [0, 0.1) is 18.6 Å². The molecule has 0 saturated heterocycles. The normalized spacial score (nSPS) is 13.7. The Kier molecular flexibility index (Phi) is 7.37. The number of rotatable bonds is 8. The first-order valence-electron chi connectivity index (χ1n) is 11.9. The molecule has 194 valence electrons. The van der Waals surface area contributed by atoms with Crippen molar-refractivity contribution in [3.05, 3.63) is 65.0 Å². The molecule has 2 aromatic carbocycles. The maximum atomic E-state index is 14.7. The van der Waals surface area contributed by atoms with E-state index >= 15 is 0 Å². The molecule has 1 saturated carbocycles. The molecule has 1 atom stereocenters. The van der Waals surface area contributed by atoms with E-state index in [2.05, 4.69) is 15.3 Å². The first-order valence-corrected chi connectivity index (χ1v) is 11.9. The number of halogens is 2. The minimum atomic E-state index is -0.695. The van der Waals surface area contributed by atoms with Crippen molar-refractivity contribution >= 4 is 23.3 Å². The summed E-state index contributed by atoms with van der Waals surface area (Å²) in [5.74, 6) is -1.59. The highest BCUT2D eigenvalue weighted by atomic mass is 19.1. The van der Waals surface area contributed by atoms with Crippen LogP contribution in [0.5, 0.6) is 5.75 Å². The predicted molar refractivity (Wildman–Crippen MR) is 136 cm³/mol. The second kappa shape index (κ2) is 10.5. The molecule has 1 aliphatic rings. The molecule has 1 aliphatic carbocycles. The molecule has 0 bridgehead atoms. The van der Waals surface area contributed by atoms with Crippen molar-refractivity contribution in [3.8, 4) is 17.0 Å². The molecule has 1 heterocycles. The fourth-order valence-corrected chi connectivity index (χ4v) is 3.98. The predicted octanol–water partition coefficient (Wildman–Crippen LogP) is 4.69. The number of carbonyl (C=O) groups excluding carboxylic acids is 2. The molecule has 8 nitrogen and oxygen atoms in total. The number of anilines is 2. The summed E-state index contributed by atoms with van der Waals surface area (Å²) in [4.78, 5) is 34.3. The number of amides is 2. The number of benzene rings is 2. The molecule has 37 heavy (non-hydrogen) atoms. The highest BCUT2D eigenvalue weighted by Gasteiger charge is 2.26. The summed E-state index contributed by atoms with van der Waals surface area (Å²) in [6.45, 7) is 5.01. The molecule has 10 heteroatoms. The Morgan fingerprint density at radius 3 is 2.59 bits per heavy atom. The Morgan fingerprint density at radius 2 is 1.95 bits per heavy atom. The summed E-state index contributed by atoms with van der Waals surface area (Å²) in [5.41, 5.74) is 7.96. The molecule has 1 aromatic heterocycles. The van der Waals surface area contributed by atoms with Crippen LogP contribution in [0.15, 0.2) is 36.7 Å². The third kappa shape index (κ3) is 5.68. The first-order chi connectivity index (χ1) is 17.6. The van der Waals surface area contributed by atoms with Crippen molar-refractivity contribution in [2.75, 3.05) is 24.7 Å². The lowest BCUT2D eigenvalue weighted by Crippen LogP contribution is -2.37. The van der Waals surface area contributed by atoms with Gasteiger partial charge in [-0.1, -0.05) is 6.07 Å². The molecule has 3 N–H and O–H groups in total. The van der Waals surface area contributed by atoms with Crippen LogP contribution in [0.3, 0.4) is 0 Å². The molecule has 0 unspecified atom stereocenters. The molecular formula is C27H29F2N5O3. The summed E-state index contributed by atoms with van der Waals surface area (Å²) >= 11 is 0. The van der Waals surface area contributed by atoms with Crippen molar-refractivity contribution in [1.29, 1.82) is 0 Å². The zero-order chi connectivity index (χ0) is 26.9. The second-order valence-corrected chi connectivity index (χ2v) is 9.32. The number of hydrogen-bond donors (Lipinski definition) is 2. The number of nitrogens with one attached hydrogen (secondary N) is 1. The van der Waals surface area contributed by atoms with Gasteiger partial charge in [0.1, 0.15) is 30.3 Å². The highest BCUT2D eigenvalue weighted by molar-refractivity contribution is 6.05. The van der Waals surface area contributed by atoms with Crippen LogP contribution >= 0.6 is 0 Å². The summed E-state index contributed by atoms with van der Waals surface area (Å²) < 4.78 is 35.3. The van der Waals surface area contributed by atoms with E-state index in [0.29, 0.717) is 17.0 Å². The third-order valence-corrected chi connectivity index (χ3v) is 6.62. The number of nitrogens with zero attached hydrogens (tertiary/aromatic N) is 3. The number of aromatic nitrogens is 2. The Balaban J connectivity index is 1.63. The zero-order valence-corrected chi connectivity index (χ0v) is 21.1. The van der Waals surface area contributed by atoms with Gasteiger partial charge in [-0.25, -0.2) is 18.7 Å². The largest absolute Gasteiger partial charge is 0.485 e. The van der Waals surface area contributed by atoms with Gasteiger partial charge in [0, 0.05) is 25.2 Å². The minimum absolute atomic E-state index is 0.0368. The van der Waals surface area contributed by atoms with E-state index in [-0.39, 0.29) is 47.1 Å². The average molecular weight is 510 g/mol. The SMILES string of the molecule is CC(=O)N(C)[C@@H](C)COc1c(N)ncnc1-c1cc(F)cc(NC(=O)c2ccc(C3CC3)cc2F)c1C. The number of carbonyl (C=O) groups is 2.